The van der Waals surface area contributed by atoms with Crippen LogP contribution in [0, 0.1) is 0 Å². The second-order valence-corrected chi connectivity index (χ2v) is 4.53. The summed E-state index contributed by atoms with van der Waals surface area (Å²) in [4.78, 5) is 27.5. The van der Waals surface area contributed by atoms with Crippen molar-refractivity contribution in [1.29, 1.82) is 0 Å². The van der Waals surface area contributed by atoms with Gasteiger partial charge in [-0.15, -0.1) is 0 Å². The number of rotatable bonds is 4. The fourth-order valence-corrected chi connectivity index (χ4v) is 1.92. The van der Waals surface area contributed by atoms with Crippen LogP contribution in [-0.4, -0.2) is 23.3 Å². The summed E-state index contributed by atoms with van der Waals surface area (Å²) in [6, 6.07) is 7.69. The van der Waals surface area contributed by atoms with Gasteiger partial charge in [0.15, 0.2) is 5.78 Å². The van der Waals surface area contributed by atoms with Crippen LogP contribution in [0.15, 0.2) is 42.6 Å². The number of alkyl halides is 3. The summed E-state index contributed by atoms with van der Waals surface area (Å²) >= 11 is 0. The van der Waals surface area contributed by atoms with Crippen LogP contribution in [0.3, 0.4) is 0 Å². The summed E-state index contributed by atoms with van der Waals surface area (Å²) in [5, 5.41) is 0. The maximum absolute atomic E-state index is 12.5. The predicted octanol–water partition coefficient (Wildman–Crippen LogP) is 3.51. The van der Waals surface area contributed by atoms with Crippen LogP contribution in [0.1, 0.15) is 38.9 Å². The zero-order valence-electron chi connectivity index (χ0n) is 12.1. The predicted molar refractivity (Wildman–Crippen MR) is 75.1 cm³/mol. The summed E-state index contributed by atoms with van der Waals surface area (Å²) in [5.74, 6) is -1.27. The molecule has 0 atom stereocenters. The largest absolute Gasteiger partial charge is 0.462 e. The highest BCUT2D eigenvalue weighted by atomic mass is 19.4. The molecule has 23 heavy (non-hydrogen) atoms. The fourth-order valence-electron chi connectivity index (χ4n) is 1.92. The molecule has 0 fully saturated rings. The normalized spacial score (nSPS) is 11.1. The van der Waals surface area contributed by atoms with Crippen LogP contribution in [-0.2, 0) is 10.9 Å². The zero-order chi connectivity index (χ0) is 17.0. The Morgan fingerprint density at radius 2 is 1.74 bits per heavy atom. The first-order chi connectivity index (χ1) is 10.8. The van der Waals surface area contributed by atoms with Crippen LogP contribution in [0.2, 0.25) is 0 Å². The Morgan fingerprint density at radius 1 is 1.09 bits per heavy atom. The molecule has 0 aliphatic carbocycles. The van der Waals surface area contributed by atoms with Gasteiger partial charge in [0.1, 0.15) is 5.69 Å². The molecule has 0 spiro atoms. The highest BCUT2D eigenvalue weighted by Crippen LogP contribution is 2.27. The molecule has 0 radical (unpaired) electrons. The highest BCUT2D eigenvalue weighted by Gasteiger charge is 2.32. The number of carbonyl (C=O) groups is 2. The van der Waals surface area contributed by atoms with Gasteiger partial charge in [0.2, 0.25) is 0 Å². The smallest absolute Gasteiger partial charge is 0.433 e. The first-order valence-electron chi connectivity index (χ1n) is 6.68. The number of pyridine rings is 1. The van der Waals surface area contributed by atoms with Crippen molar-refractivity contribution in [3.05, 3.63) is 65.0 Å². The molecule has 0 bridgehead atoms. The van der Waals surface area contributed by atoms with Gasteiger partial charge in [0.05, 0.1) is 12.2 Å². The lowest BCUT2D eigenvalue weighted by molar-refractivity contribution is -0.141. The van der Waals surface area contributed by atoms with E-state index in [-0.39, 0.29) is 23.3 Å². The molecule has 2 aromatic rings. The third-order valence-electron chi connectivity index (χ3n) is 2.98. The minimum Gasteiger partial charge on any atom is -0.462 e. The lowest BCUT2D eigenvalue weighted by Crippen LogP contribution is -2.13. The molecular weight excluding hydrogens is 311 g/mol. The number of benzene rings is 1. The molecule has 1 heterocycles. The van der Waals surface area contributed by atoms with Crippen molar-refractivity contribution < 1.29 is 27.5 Å². The van der Waals surface area contributed by atoms with Gasteiger partial charge in [-0.05, 0) is 25.1 Å². The van der Waals surface area contributed by atoms with Gasteiger partial charge < -0.3 is 4.74 Å². The number of carbonyl (C=O) groups excluding carboxylic acids is 2. The topological polar surface area (TPSA) is 56.3 Å². The zero-order valence-corrected chi connectivity index (χ0v) is 12.1. The van der Waals surface area contributed by atoms with Gasteiger partial charge in [-0.25, -0.2) is 4.79 Å². The summed E-state index contributed by atoms with van der Waals surface area (Å²) in [6.07, 6.45) is -3.74. The molecule has 0 amide bonds. The van der Waals surface area contributed by atoms with Crippen LogP contribution >= 0.6 is 0 Å². The Kier molecular flexibility index (Phi) is 4.78. The lowest BCUT2D eigenvalue weighted by Gasteiger charge is -2.09. The van der Waals surface area contributed by atoms with E-state index in [4.69, 9.17) is 4.74 Å². The summed E-state index contributed by atoms with van der Waals surface area (Å²) in [6.45, 7) is 1.77. The number of nitrogens with zero attached hydrogens (tertiary/aromatic N) is 1. The Morgan fingerprint density at radius 3 is 2.26 bits per heavy atom. The van der Waals surface area contributed by atoms with Gasteiger partial charge >= 0.3 is 12.1 Å². The number of ketones is 1. The van der Waals surface area contributed by atoms with Gasteiger partial charge in [0, 0.05) is 17.3 Å². The van der Waals surface area contributed by atoms with Crippen LogP contribution in [0.5, 0.6) is 0 Å². The van der Waals surface area contributed by atoms with E-state index in [0.29, 0.717) is 0 Å². The van der Waals surface area contributed by atoms with E-state index < -0.39 is 23.6 Å². The standard InChI is InChI=1S/C16H12F3NO3/c1-2-23-15(22)12-6-4-3-5-11(12)14(21)10-7-8-13(20-9-10)16(17,18)19/h3-9H,2H2,1H3. The van der Waals surface area contributed by atoms with Gasteiger partial charge in [0.25, 0.3) is 0 Å². The van der Waals surface area contributed by atoms with Gasteiger partial charge in [-0.2, -0.15) is 13.2 Å². The second kappa shape index (κ2) is 6.60. The lowest BCUT2D eigenvalue weighted by atomic mass is 9.99. The van der Waals surface area contributed by atoms with Crippen LogP contribution < -0.4 is 0 Å². The summed E-state index contributed by atoms with van der Waals surface area (Å²) < 4.78 is 42.3. The molecular formula is C16H12F3NO3. The van der Waals surface area contributed by atoms with Crippen molar-refractivity contribution >= 4 is 11.8 Å². The van der Waals surface area contributed by atoms with Crippen molar-refractivity contribution in [2.45, 2.75) is 13.1 Å². The van der Waals surface area contributed by atoms with Gasteiger partial charge in [-0.1, -0.05) is 18.2 Å². The number of ether oxygens (including phenoxy) is 1. The second-order valence-electron chi connectivity index (χ2n) is 4.53. The number of esters is 1. The molecule has 120 valence electrons. The summed E-state index contributed by atoms with van der Waals surface area (Å²) in [7, 11) is 0. The number of hydrogen-bond donors (Lipinski definition) is 0. The maximum Gasteiger partial charge on any atom is 0.433 e. The first-order valence-corrected chi connectivity index (χ1v) is 6.68. The average Bonchev–Trinajstić information content (AvgIpc) is 2.54. The fraction of sp³-hybridized carbons (Fsp3) is 0.188. The molecule has 1 aromatic heterocycles. The molecule has 7 heteroatoms. The van der Waals surface area contributed by atoms with Crippen molar-refractivity contribution in [2.75, 3.05) is 6.61 Å². The van der Waals surface area contributed by atoms with E-state index in [2.05, 4.69) is 4.98 Å². The number of hydrogen-bond acceptors (Lipinski definition) is 4. The summed E-state index contributed by atoms with van der Waals surface area (Å²) in [5.41, 5.74) is -1.03. The third-order valence-corrected chi connectivity index (χ3v) is 2.98. The third kappa shape index (κ3) is 3.74. The van der Waals surface area contributed by atoms with E-state index in [1.165, 1.54) is 12.1 Å². The van der Waals surface area contributed by atoms with Crippen molar-refractivity contribution in [3.8, 4) is 0 Å². The highest BCUT2D eigenvalue weighted by molar-refractivity contribution is 6.14. The molecule has 0 aliphatic rings. The Bertz CT molecular complexity index is 724. The van der Waals surface area contributed by atoms with Crippen LogP contribution in [0.25, 0.3) is 0 Å². The average molecular weight is 323 g/mol. The monoisotopic (exact) mass is 323 g/mol. The van der Waals surface area contributed by atoms with E-state index >= 15 is 0 Å². The van der Waals surface area contributed by atoms with E-state index in [0.717, 1.165) is 18.3 Å². The maximum atomic E-state index is 12.5. The van der Waals surface area contributed by atoms with E-state index in [9.17, 15) is 22.8 Å². The van der Waals surface area contributed by atoms with E-state index in [1.807, 2.05) is 0 Å². The molecule has 4 nitrogen and oxygen atoms in total. The Labute approximate surface area is 129 Å². The minimum atomic E-state index is -4.58. The van der Waals surface area contributed by atoms with Crippen molar-refractivity contribution in [1.82, 2.24) is 4.98 Å². The molecule has 0 aliphatic heterocycles. The van der Waals surface area contributed by atoms with Crippen LogP contribution in [0.4, 0.5) is 13.2 Å². The molecule has 0 N–H and O–H groups in total. The molecule has 1 aromatic carbocycles. The minimum absolute atomic E-state index is 0.0465. The van der Waals surface area contributed by atoms with E-state index in [1.54, 1.807) is 19.1 Å². The molecule has 2 rings (SSSR count). The molecule has 0 saturated heterocycles. The first kappa shape index (κ1) is 16.7. The number of aromatic nitrogens is 1. The molecule has 0 saturated carbocycles. The van der Waals surface area contributed by atoms with Gasteiger partial charge in [-0.3, -0.25) is 9.78 Å². The Balaban J connectivity index is 2.36. The molecule has 0 unspecified atom stereocenters. The number of halogens is 3. The quantitative estimate of drug-likeness (QED) is 0.638. The van der Waals surface area contributed by atoms with Crippen molar-refractivity contribution in [2.24, 2.45) is 0 Å². The van der Waals surface area contributed by atoms with Crippen molar-refractivity contribution in [3.63, 3.8) is 0 Å². The Hall–Kier alpha value is -2.70. The SMILES string of the molecule is CCOC(=O)c1ccccc1C(=O)c1ccc(C(F)(F)F)nc1.